The van der Waals surface area contributed by atoms with Crippen LogP contribution >= 0.6 is 0 Å². The largest absolute Gasteiger partial charge is 0.351 e. The molecule has 0 amide bonds. The van der Waals surface area contributed by atoms with Crippen molar-refractivity contribution in [2.45, 2.75) is 6.54 Å². The van der Waals surface area contributed by atoms with Gasteiger partial charge < -0.3 is 9.55 Å². The van der Waals surface area contributed by atoms with Gasteiger partial charge in [-0.2, -0.15) is 0 Å². The van der Waals surface area contributed by atoms with Gasteiger partial charge in [0.1, 0.15) is 5.69 Å². The molecule has 4 nitrogen and oxygen atoms in total. The van der Waals surface area contributed by atoms with Crippen molar-refractivity contribution in [1.82, 2.24) is 9.55 Å². The number of nitrogens with zero attached hydrogens (tertiary/aromatic N) is 1. The second kappa shape index (κ2) is 5.79. The third-order valence-corrected chi connectivity index (χ3v) is 5.76. The van der Waals surface area contributed by atoms with Crippen molar-refractivity contribution in [3.05, 3.63) is 107 Å². The zero-order valence-electron chi connectivity index (χ0n) is 15.5. The van der Waals surface area contributed by atoms with E-state index in [9.17, 15) is 9.59 Å². The minimum absolute atomic E-state index is 0.0980. The molecule has 138 valence electrons. The number of ketones is 2. The molecule has 0 saturated carbocycles. The summed E-state index contributed by atoms with van der Waals surface area (Å²) in [7, 11) is 0. The predicted molar refractivity (Wildman–Crippen MR) is 113 cm³/mol. The van der Waals surface area contributed by atoms with Gasteiger partial charge in [0.25, 0.3) is 0 Å². The van der Waals surface area contributed by atoms with E-state index in [-0.39, 0.29) is 11.6 Å². The molecule has 2 heterocycles. The number of para-hydroxylation sites is 2. The molecule has 0 spiro atoms. The first-order valence-electron chi connectivity index (χ1n) is 9.59. The van der Waals surface area contributed by atoms with Gasteiger partial charge in [-0.25, -0.2) is 0 Å². The Hall–Kier alpha value is -3.92. The Kier molecular flexibility index (Phi) is 3.21. The monoisotopic (exact) mass is 376 g/mol. The van der Waals surface area contributed by atoms with Gasteiger partial charge in [-0.1, -0.05) is 66.7 Å². The van der Waals surface area contributed by atoms with Crippen LogP contribution in [0.3, 0.4) is 0 Å². The molecule has 1 aliphatic rings. The molecule has 0 unspecified atom stereocenters. The standard InChI is InChI=1S/C25H16N2O2/c28-24-21-17-11-5-7-13-19(17)27(14-15-8-2-1-3-9-15)23(21)25(29)20-16-10-4-6-12-18(16)26-22(20)24/h1-13,26H,14H2. The summed E-state index contributed by atoms with van der Waals surface area (Å²) in [6.45, 7) is 0.535. The highest BCUT2D eigenvalue weighted by molar-refractivity contribution is 6.35. The summed E-state index contributed by atoms with van der Waals surface area (Å²) < 4.78 is 1.99. The second-order valence-corrected chi connectivity index (χ2v) is 7.39. The maximum absolute atomic E-state index is 13.7. The molecular weight excluding hydrogens is 360 g/mol. The quantitative estimate of drug-likeness (QED) is 0.465. The van der Waals surface area contributed by atoms with Crippen LogP contribution in [0.5, 0.6) is 0 Å². The third kappa shape index (κ3) is 2.14. The summed E-state index contributed by atoms with van der Waals surface area (Å²) in [5.41, 5.74) is 4.65. The molecule has 1 N–H and O–H groups in total. The maximum atomic E-state index is 13.7. The minimum atomic E-state index is -0.117. The topological polar surface area (TPSA) is 54.9 Å². The van der Waals surface area contributed by atoms with Crippen LogP contribution in [0.1, 0.15) is 37.7 Å². The average molecular weight is 376 g/mol. The minimum Gasteiger partial charge on any atom is -0.351 e. The number of hydrogen-bond acceptors (Lipinski definition) is 2. The number of aromatic nitrogens is 2. The number of fused-ring (bicyclic) bond motifs is 6. The van der Waals surface area contributed by atoms with E-state index in [2.05, 4.69) is 4.98 Å². The summed E-state index contributed by atoms with van der Waals surface area (Å²) >= 11 is 0. The Bertz CT molecular complexity index is 1450. The van der Waals surface area contributed by atoms with Crippen LogP contribution < -0.4 is 0 Å². The van der Waals surface area contributed by atoms with Crippen molar-refractivity contribution < 1.29 is 9.59 Å². The van der Waals surface area contributed by atoms with E-state index in [0.29, 0.717) is 29.1 Å². The van der Waals surface area contributed by atoms with Crippen LogP contribution in [0.2, 0.25) is 0 Å². The molecule has 0 bridgehead atoms. The SMILES string of the molecule is O=C1c2[nH]c3ccccc3c2C(=O)c2c1c1ccccc1n2Cc1ccccc1. The smallest absolute Gasteiger partial charge is 0.213 e. The van der Waals surface area contributed by atoms with E-state index in [1.54, 1.807) is 0 Å². The Morgan fingerprint density at radius 3 is 2.21 bits per heavy atom. The van der Waals surface area contributed by atoms with Gasteiger partial charge in [0.05, 0.1) is 16.8 Å². The molecule has 1 aliphatic carbocycles. The lowest BCUT2D eigenvalue weighted by atomic mass is 9.90. The molecule has 2 aromatic heterocycles. The molecule has 6 rings (SSSR count). The molecule has 3 aromatic carbocycles. The second-order valence-electron chi connectivity index (χ2n) is 7.39. The predicted octanol–water partition coefficient (Wildman–Crippen LogP) is 4.95. The molecule has 5 aromatic rings. The van der Waals surface area contributed by atoms with Crippen molar-refractivity contribution in [2.75, 3.05) is 0 Å². The normalized spacial score (nSPS) is 13.1. The molecule has 0 radical (unpaired) electrons. The number of carbonyl (C=O) groups is 2. The highest BCUT2D eigenvalue weighted by atomic mass is 16.1. The van der Waals surface area contributed by atoms with Crippen LogP contribution in [0, 0.1) is 0 Å². The zero-order chi connectivity index (χ0) is 19.5. The molecule has 0 atom stereocenters. The average Bonchev–Trinajstić information content (AvgIpc) is 3.30. The van der Waals surface area contributed by atoms with E-state index in [4.69, 9.17) is 0 Å². The number of rotatable bonds is 2. The van der Waals surface area contributed by atoms with Crippen molar-refractivity contribution >= 4 is 33.4 Å². The maximum Gasteiger partial charge on any atom is 0.213 e. The lowest BCUT2D eigenvalue weighted by Crippen LogP contribution is -2.22. The van der Waals surface area contributed by atoms with Crippen LogP contribution in [0.15, 0.2) is 78.9 Å². The number of aromatic amines is 1. The van der Waals surface area contributed by atoms with Crippen molar-refractivity contribution in [2.24, 2.45) is 0 Å². The molecule has 29 heavy (non-hydrogen) atoms. The number of nitrogens with one attached hydrogen (secondary N) is 1. The Labute approximate surface area is 166 Å². The summed E-state index contributed by atoms with van der Waals surface area (Å²) in [4.78, 5) is 30.4. The van der Waals surface area contributed by atoms with Gasteiger partial charge in [0.2, 0.25) is 11.6 Å². The molecule has 0 fully saturated rings. The van der Waals surface area contributed by atoms with Crippen molar-refractivity contribution in [3.63, 3.8) is 0 Å². The lowest BCUT2D eigenvalue weighted by molar-refractivity contribution is 0.0973. The van der Waals surface area contributed by atoms with E-state index in [0.717, 1.165) is 27.4 Å². The van der Waals surface area contributed by atoms with Crippen LogP contribution in [-0.4, -0.2) is 21.1 Å². The highest BCUT2D eigenvalue weighted by Gasteiger charge is 2.38. The fourth-order valence-electron chi connectivity index (χ4n) is 4.49. The first-order valence-corrected chi connectivity index (χ1v) is 9.59. The number of carbonyl (C=O) groups excluding carboxylic acids is 2. The molecule has 4 heteroatoms. The van der Waals surface area contributed by atoms with Crippen LogP contribution in [0.4, 0.5) is 0 Å². The fourth-order valence-corrected chi connectivity index (χ4v) is 4.49. The van der Waals surface area contributed by atoms with Crippen molar-refractivity contribution in [3.8, 4) is 0 Å². The Balaban J connectivity index is 1.68. The van der Waals surface area contributed by atoms with E-state index in [1.165, 1.54) is 0 Å². The van der Waals surface area contributed by atoms with Gasteiger partial charge in [0, 0.05) is 28.4 Å². The van der Waals surface area contributed by atoms with Crippen LogP contribution in [0.25, 0.3) is 21.8 Å². The van der Waals surface area contributed by atoms with E-state index in [1.807, 2.05) is 83.4 Å². The van der Waals surface area contributed by atoms with Crippen LogP contribution in [-0.2, 0) is 6.54 Å². The first kappa shape index (κ1) is 16.1. The van der Waals surface area contributed by atoms with Gasteiger partial charge >= 0.3 is 0 Å². The van der Waals surface area contributed by atoms with E-state index < -0.39 is 0 Å². The number of benzene rings is 3. The lowest BCUT2D eigenvalue weighted by Gasteiger charge is -2.15. The molecule has 0 aliphatic heterocycles. The summed E-state index contributed by atoms with van der Waals surface area (Å²) in [5, 5.41) is 1.61. The summed E-state index contributed by atoms with van der Waals surface area (Å²) in [6, 6.07) is 25.3. The highest BCUT2D eigenvalue weighted by Crippen LogP contribution is 2.38. The summed E-state index contributed by atoms with van der Waals surface area (Å²) in [5.74, 6) is -0.215. The Morgan fingerprint density at radius 2 is 1.38 bits per heavy atom. The number of hydrogen-bond donors (Lipinski definition) is 1. The third-order valence-electron chi connectivity index (χ3n) is 5.76. The van der Waals surface area contributed by atoms with Gasteiger partial charge in [0.15, 0.2) is 0 Å². The van der Waals surface area contributed by atoms with Gasteiger partial charge in [-0.15, -0.1) is 0 Å². The molecular formula is C25H16N2O2. The van der Waals surface area contributed by atoms with E-state index >= 15 is 0 Å². The zero-order valence-corrected chi connectivity index (χ0v) is 15.5. The molecule has 0 saturated heterocycles. The van der Waals surface area contributed by atoms with Gasteiger partial charge in [-0.3, -0.25) is 9.59 Å². The fraction of sp³-hybridized carbons (Fsp3) is 0.0400. The van der Waals surface area contributed by atoms with Gasteiger partial charge in [-0.05, 0) is 17.7 Å². The summed E-state index contributed by atoms with van der Waals surface area (Å²) in [6.07, 6.45) is 0. The number of H-pyrrole nitrogens is 1. The Morgan fingerprint density at radius 1 is 0.690 bits per heavy atom. The first-order chi connectivity index (χ1) is 14.2. The van der Waals surface area contributed by atoms with Crippen molar-refractivity contribution in [1.29, 1.82) is 0 Å².